The Bertz CT molecular complexity index is 1630. The quantitative estimate of drug-likeness (QED) is 0.222. The van der Waals surface area contributed by atoms with E-state index < -0.39 is 5.41 Å². The lowest BCUT2D eigenvalue weighted by Gasteiger charge is -2.28. The molecule has 0 spiro atoms. The van der Waals surface area contributed by atoms with Crippen LogP contribution in [0.4, 0.5) is 10.1 Å². The van der Waals surface area contributed by atoms with Gasteiger partial charge in [0.1, 0.15) is 5.82 Å². The SMILES string of the molecule is COc1ccc(C(C)(C)c2cnc(SCC(=O)Nc3ccc4[nH]ncc4c3)n2-c2ccc(F)cc2)cc1OC. The number of carbonyl (C=O) groups excluding carboxylic acids is 1. The second-order valence-electron chi connectivity index (χ2n) is 9.44. The fraction of sp³-hybridized carbons (Fsp3) is 0.207. The molecule has 2 heterocycles. The zero-order valence-corrected chi connectivity index (χ0v) is 22.8. The van der Waals surface area contributed by atoms with E-state index in [1.807, 2.05) is 41.0 Å². The van der Waals surface area contributed by atoms with Gasteiger partial charge in [0.15, 0.2) is 16.7 Å². The maximum absolute atomic E-state index is 13.8. The summed E-state index contributed by atoms with van der Waals surface area (Å²) >= 11 is 1.31. The number of rotatable bonds is 9. The molecule has 0 aliphatic heterocycles. The summed E-state index contributed by atoms with van der Waals surface area (Å²) in [4.78, 5) is 17.5. The van der Waals surface area contributed by atoms with E-state index in [0.717, 1.165) is 27.8 Å². The third-order valence-corrected chi connectivity index (χ3v) is 7.57. The number of ether oxygens (including phenoxy) is 2. The second kappa shape index (κ2) is 10.8. The molecule has 0 unspecified atom stereocenters. The smallest absolute Gasteiger partial charge is 0.234 e. The van der Waals surface area contributed by atoms with Gasteiger partial charge in [-0.1, -0.05) is 31.7 Å². The highest BCUT2D eigenvalue weighted by molar-refractivity contribution is 7.99. The van der Waals surface area contributed by atoms with Crippen LogP contribution in [0.15, 0.2) is 78.2 Å². The Morgan fingerprint density at radius 3 is 2.54 bits per heavy atom. The highest BCUT2D eigenvalue weighted by Crippen LogP contribution is 2.39. The van der Waals surface area contributed by atoms with Crippen LogP contribution < -0.4 is 14.8 Å². The molecule has 0 aliphatic carbocycles. The van der Waals surface area contributed by atoms with Gasteiger partial charge in [-0.05, 0) is 60.2 Å². The average molecular weight is 546 g/mol. The number of fused-ring (bicyclic) bond motifs is 1. The molecule has 2 N–H and O–H groups in total. The van der Waals surface area contributed by atoms with Crippen LogP contribution in [0, 0.1) is 5.82 Å². The maximum atomic E-state index is 13.8. The molecule has 0 bridgehead atoms. The number of imidazole rings is 1. The lowest BCUT2D eigenvalue weighted by molar-refractivity contribution is -0.113. The van der Waals surface area contributed by atoms with Crippen LogP contribution in [-0.2, 0) is 10.2 Å². The van der Waals surface area contributed by atoms with Gasteiger partial charge in [-0.25, -0.2) is 9.37 Å². The molecular weight excluding hydrogens is 517 g/mol. The van der Waals surface area contributed by atoms with Crippen molar-refractivity contribution < 1.29 is 18.7 Å². The molecule has 0 saturated heterocycles. The maximum Gasteiger partial charge on any atom is 0.234 e. The van der Waals surface area contributed by atoms with Crippen LogP contribution >= 0.6 is 11.8 Å². The molecule has 0 atom stereocenters. The number of anilines is 1. The number of carbonyl (C=O) groups is 1. The Kier molecular flexibility index (Phi) is 7.30. The average Bonchev–Trinajstić information content (AvgIpc) is 3.59. The predicted molar refractivity (Wildman–Crippen MR) is 151 cm³/mol. The minimum atomic E-state index is -0.526. The number of benzene rings is 3. The summed E-state index contributed by atoms with van der Waals surface area (Å²) in [5.74, 6) is 0.895. The summed E-state index contributed by atoms with van der Waals surface area (Å²) < 4.78 is 26.7. The summed E-state index contributed by atoms with van der Waals surface area (Å²) in [6.45, 7) is 4.16. The first-order chi connectivity index (χ1) is 18.8. The minimum Gasteiger partial charge on any atom is -0.493 e. The minimum absolute atomic E-state index is 0.137. The number of nitrogens with zero attached hydrogens (tertiary/aromatic N) is 3. The zero-order valence-electron chi connectivity index (χ0n) is 22.0. The highest BCUT2D eigenvalue weighted by atomic mass is 32.2. The van der Waals surface area contributed by atoms with E-state index in [2.05, 4.69) is 34.3 Å². The van der Waals surface area contributed by atoms with Crippen molar-refractivity contribution in [2.75, 3.05) is 25.3 Å². The summed E-state index contributed by atoms with van der Waals surface area (Å²) in [5.41, 5.74) is 3.65. The Labute approximate surface area is 229 Å². The van der Waals surface area contributed by atoms with E-state index in [9.17, 15) is 9.18 Å². The first-order valence-electron chi connectivity index (χ1n) is 12.2. The highest BCUT2D eigenvalue weighted by Gasteiger charge is 2.30. The fourth-order valence-electron chi connectivity index (χ4n) is 4.44. The van der Waals surface area contributed by atoms with Gasteiger partial charge in [0.25, 0.3) is 0 Å². The van der Waals surface area contributed by atoms with Crippen molar-refractivity contribution in [1.29, 1.82) is 0 Å². The molecular formula is C29H28FN5O3S. The normalized spacial score (nSPS) is 11.5. The number of aromatic amines is 1. The van der Waals surface area contributed by atoms with Gasteiger partial charge in [0.2, 0.25) is 5.91 Å². The number of thioether (sulfide) groups is 1. The van der Waals surface area contributed by atoms with E-state index in [-0.39, 0.29) is 17.5 Å². The summed E-state index contributed by atoms with van der Waals surface area (Å²) in [5, 5.41) is 11.4. The number of hydrogen-bond acceptors (Lipinski definition) is 6. The van der Waals surface area contributed by atoms with Crippen LogP contribution in [0.1, 0.15) is 25.1 Å². The van der Waals surface area contributed by atoms with Gasteiger partial charge in [-0.3, -0.25) is 14.5 Å². The Morgan fingerprint density at radius 2 is 1.79 bits per heavy atom. The number of nitrogens with one attached hydrogen (secondary N) is 2. The first-order valence-corrected chi connectivity index (χ1v) is 13.2. The van der Waals surface area contributed by atoms with Gasteiger partial charge in [-0.15, -0.1) is 0 Å². The van der Waals surface area contributed by atoms with E-state index in [0.29, 0.717) is 22.3 Å². The summed E-state index contributed by atoms with van der Waals surface area (Å²) in [7, 11) is 3.20. The molecule has 0 radical (unpaired) electrons. The molecule has 200 valence electrons. The largest absolute Gasteiger partial charge is 0.493 e. The molecule has 8 nitrogen and oxygen atoms in total. The third kappa shape index (κ3) is 5.33. The zero-order chi connectivity index (χ0) is 27.6. The van der Waals surface area contributed by atoms with Gasteiger partial charge in [-0.2, -0.15) is 5.10 Å². The number of aromatic nitrogens is 4. The van der Waals surface area contributed by atoms with Crippen LogP contribution in [0.2, 0.25) is 0 Å². The fourth-order valence-corrected chi connectivity index (χ4v) is 5.23. The molecule has 10 heteroatoms. The molecule has 3 aromatic carbocycles. The monoisotopic (exact) mass is 545 g/mol. The van der Waals surface area contributed by atoms with Crippen molar-refractivity contribution in [2.45, 2.75) is 24.4 Å². The van der Waals surface area contributed by atoms with Gasteiger partial charge < -0.3 is 14.8 Å². The van der Waals surface area contributed by atoms with Crippen molar-refractivity contribution in [3.8, 4) is 17.2 Å². The number of H-pyrrole nitrogens is 1. The van der Waals surface area contributed by atoms with E-state index in [1.165, 1.54) is 23.9 Å². The van der Waals surface area contributed by atoms with Crippen LogP contribution in [0.25, 0.3) is 16.6 Å². The van der Waals surface area contributed by atoms with Crippen LogP contribution in [-0.4, -0.2) is 45.6 Å². The summed E-state index contributed by atoms with van der Waals surface area (Å²) in [6.07, 6.45) is 3.51. The Morgan fingerprint density at radius 1 is 1.03 bits per heavy atom. The molecule has 5 aromatic rings. The van der Waals surface area contributed by atoms with Crippen molar-refractivity contribution in [3.63, 3.8) is 0 Å². The number of amides is 1. The molecule has 0 fully saturated rings. The number of hydrogen-bond donors (Lipinski definition) is 2. The lowest BCUT2D eigenvalue weighted by Crippen LogP contribution is -2.23. The van der Waals surface area contributed by atoms with E-state index in [1.54, 1.807) is 38.7 Å². The second-order valence-corrected chi connectivity index (χ2v) is 10.4. The standard InChI is InChI=1S/C29H28FN5O3S/c1-29(2,19-5-12-24(37-3)25(14-19)38-4)26-16-31-28(35(26)22-9-6-20(30)7-10-22)39-17-27(36)33-21-8-11-23-18(13-21)15-32-34-23/h5-16H,17H2,1-4H3,(H,32,34)(H,33,36). The predicted octanol–water partition coefficient (Wildman–Crippen LogP) is 5.96. The van der Waals surface area contributed by atoms with Crippen LogP contribution in [0.3, 0.4) is 0 Å². The number of methoxy groups -OCH3 is 2. The van der Waals surface area contributed by atoms with Crippen molar-refractivity contribution in [1.82, 2.24) is 19.7 Å². The van der Waals surface area contributed by atoms with Gasteiger partial charge in [0, 0.05) is 22.2 Å². The first kappa shape index (κ1) is 26.3. The molecule has 39 heavy (non-hydrogen) atoms. The Balaban J connectivity index is 1.45. The molecule has 2 aromatic heterocycles. The van der Waals surface area contributed by atoms with E-state index >= 15 is 0 Å². The molecule has 1 amide bonds. The van der Waals surface area contributed by atoms with Crippen LogP contribution in [0.5, 0.6) is 11.5 Å². The van der Waals surface area contributed by atoms with Crippen molar-refractivity contribution in [3.05, 3.63) is 90.1 Å². The van der Waals surface area contributed by atoms with Gasteiger partial charge >= 0.3 is 0 Å². The molecule has 0 saturated carbocycles. The van der Waals surface area contributed by atoms with E-state index in [4.69, 9.17) is 9.47 Å². The third-order valence-electron chi connectivity index (χ3n) is 6.62. The van der Waals surface area contributed by atoms with Crippen molar-refractivity contribution in [2.24, 2.45) is 0 Å². The van der Waals surface area contributed by atoms with Crippen molar-refractivity contribution >= 4 is 34.3 Å². The van der Waals surface area contributed by atoms with Gasteiger partial charge in [0.05, 0.1) is 43.6 Å². The molecule has 5 rings (SSSR count). The topological polar surface area (TPSA) is 94.1 Å². The lowest BCUT2D eigenvalue weighted by atomic mass is 9.81. The summed E-state index contributed by atoms with van der Waals surface area (Å²) in [6, 6.07) is 17.6. The number of halogens is 1. The molecule has 0 aliphatic rings. The Hall–Kier alpha value is -4.31.